The molecule has 4 heteroatoms. The lowest BCUT2D eigenvalue weighted by Crippen LogP contribution is -2.43. The highest BCUT2D eigenvalue weighted by Crippen LogP contribution is 2.39. The molecule has 3 aliphatic rings. The van der Waals surface area contributed by atoms with E-state index in [0.29, 0.717) is 0 Å². The van der Waals surface area contributed by atoms with Crippen molar-refractivity contribution in [3.05, 3.63) is 39.9 Å². The summed E-state index contributed by atoms with van der Waals surface area (Å²) in [6, 6.07) is 6.98. The van der Waals surface area contributed by atoms with E-state index in [1.54, 1.807) is 7.11 Å². The minimum atomic E-state index is -0.765. The standard InChI is InChI=1S/C23H32ClNO2/c1-27-21-7-11-23(26,12-8-21)19-6-5-18(22(24)16-19)15-17-9-13-25(14-10-17)20-3-2-4-20/h5-6,15-16,20-21,26H,2-4,7-14H2,1H3. The van der Waals surface area contributed by atoms with Crippen LogP contribution in [-0.4, -0.2) is 42.4 Å². The van der Waals surface area contributed by atoms with Crippen LogP contribution in [0.15, 0.2) is 23.8 Å². The van der Waals surface area contributed by atoms with Gasteiger partial charge in [0, 0.05) is 31.3 Å². The molecule has 1 aliphatic heterocycles. The number of piperidine rings is 1. The highest BCUT2D eigenvalue weighted by atomic mass is 35.5. The van der Waals surface area contributed by atoms with Crippen molar-refractivity contribution in [2.75, 3.05) is 20.2 Å². The van der Waals surface area contributed by atoms with Crippen molar-refractivity contribution in [2.45, 2.75) is 75.5 Å². The molecule has 0 radical (unpaired) electrons. The summed E-state index contributed by atoms with van der Waals surface area (Å²) in [5, 5.41) is 11.8. The van der Waals surface area contributed by atoms with Crippen molar-refractivity contribution in [3.8, 4) is 0 Å². The molecule has 3 fully saturated rings. The van der Waals surface area contributed by atoms with Gasteiger partial charge in [0.1, 0.15) is 0 Å². The predicted molar refractivity (Wildman–Crippen MR) is 111 cm³/mol. The molecule has 2 aliphatic carbocycles. The summed E-state index contributed by atoms with van der Waals surface area (Å²) in [4.78, 5) is 2.66. The van der Waals surface area contributed by atoms with Crippen molar-refractivity contribution >= 4 is 17.7 Å². The first-order valence-corrected chi connectivity index (χ1v) is 10.9. The number of hydrogen-bond donors (Lipinski definition) is 1. The minimum absolute atomic E-state index is 0.274. The smallest absolute Gasteiger partial charge is 0.0899 e. The summed E-state index contributed by atoms with van der Waals surface area (Å²) in [6.45, 7) is 2.37. The normalized spacial score (nSPS) is 30.2. The molecule has 0 atom stereocenters. The van der Waals surface area contributed by atoms with Crippen LogP contribution in [0.25, 0.3) is 6.08 Å². The molecule has 0 aromatic heterocycles. The monoisotopic (exact) mass is 389 g/mol. The van der Waals surface area contributed by atoms with Gasteiger partial charge >= 0.3 is 0 Å². The van der Waals surface area contributed by atoms with Gasteiger partial charge in [0.25, 0.3) is 0 Å². The maximum Gasteiger partial charge on any atom is 0.0899 e. The predicted octanol–water partition coefficient (Wildman–Crippen LogP) is 5.15. The lowest BCUT2D eigenvalue weighted by molar-refractivity contribution is -0.0474. The number of likely N-dealkylation sites (tertiary alicyclic amines) is 1. The summed E-state index contributed by atoms with van der Waals surface area (Å²) in [5.41, 5.74) is 2.77. The van der Waals surface area contributed by atoms with E-state index in [1.807, 2.05) is 6.07 Å². The number of ether oxygens (including phenoxy) is 1. The van der Waals surface area contributed by atoms with Crippen molar-refractivity contribution in [2.24, 2.45) is 0 Å². The maximum absolute atomic E-state index is 11.1. The van der Waals surface area contributed by atoms with Crippen LogP contribution >= 0.6 is 11.6 Å². The molecule has 0 bridgehead atoms. The van der Waals surface area contributed by atoms with Crippen molar-refractivity contribution in [1.82, 2.24) is 4.90 Å². The van der Waals surface area contributed by atoms with Crippen LogP contribution in [-0.2, 0) is 10.3 Å². The Kier molecular flexibility index (Phi) is 5.94. The Morgan fingerprint density at radius 3 is 2.41 bits per heavy atom. The first-order valence-electron chi connectivity index (χ1n) is 10.6. The molecule has 0 unspecified atom stereocenters. The largest absolute Gasteiger partial charge is 0.385 e. The van der Waals surface area contributed by atoms with Gasteiger partial charge in [-0.25, -0.2) is 0 Å². The van der Waals surface area contributed by atoms with E-state index in [9.17, 15) is 5.11 Å². The van der Waals surface area contributed by atoms with Gasteiger partial charge in [-0.15, -0.1) is 0 Å². The first kappa shape index (κ1) is 19.4. The Labute approximate surface area is 168 Å². The number of benzene rings is 1. The van der Waals surface area contributed by atoms with Gasteiger partial charge < -0.3 is 9.84 Å². The van der Waals surface area contributed by atoms with Crippen LogP contribution in [0.1, 0.15) is 68.9 Å². The Morgan fingerprint density at radius 2 is 1.85 bits per heavy atom. The Hall–Kier alpha value is -0.870. The Bertz CT molecular complexity index is 680. The molecule has 4 rings (SSSR count). The fourth-order valence-electron chi connectivity index (χ4n) is 4.82. The zero-order chi connectivity index (χ0) is 18.9. The third kappa shape index (κ3) is 4.27. The van der Waals surface area contributed by atoms with Gasteiger partial charge in [-0.05, 0) is 68.6 Å². The molecule has 27 heavy (non-hydrogen) atoms. The average Bonchev–Trinajstić information content (AvgIpc) is 2.64. The molecule has 2 saturated carbocycles. The lowest BCUT2D eigenvalue weighted by atomic mass is 9.78. The van der Waals surface area contributed by atoms with Crippen LogP contribution in [0, 0.1) is 0 Å². The van der Waals surface area contributed by atoms with Crippen LogP contribution < -0.4 is 0 Å². The third-order valence-electron chi connectivity index (χ3n) is 7.02. The molecule has 0 amide bonds. The Balaban J connectivity index is 1.41. The van der Waals surface area contributed by atoms with Crippen molar-refractivity contribution in [3.63, 3.8) is 0 Å². The van der Waals surface area contributed by atoms with Crippen LogP contribution in [0.2, 0.25) is 5.02 Å². The fraction of sp³-hybridized carbons (Fsp3) is 0.652. The van der Waals surface area contributed by atoms with Gasteiger partial charge in [0.15, 0.2) is 0 Å². The summed E-state index contributed by atoms with van der Waals surface area (Å²) < 4.78 is 5.43. The molecule has 148 valence electrons. The van der Waals surface area contributed by atoms with Gasteiger partial charge in [0.05, 0.1) is 11.7 Å². The van der Waals surface area contributed by atoms with Gasteiger partial charge in [-0.1, -0.05) is 41.8 Å². The second kappa shape index (κ2) is 8.24. The van der Waals surface area contributed by atoms with E-state index in [-0.39, 0.29) is 6.10 Å². The molecule has 1 aromatic carbocycles. The average molecular weight is 390 g/mol. The summed E-state index contributed by atoms with van der Waals surface area (Å²) >= 11 is 6.61. The molecular formula is C23H32ClNO2. The van der Waals surface area contributed by atoms with E-state index in [1.165, 1.54) is 37.9 Å². The minimum Gasteiger partial charge on any atom is -0.385 e. The number of hydrogen-bond acceptors (Lipinski definition) is 3. The number of halogens is 1. The highest BCUT2D eigenvalue weighted by molar-refractivity contribution is 6.32. The van der Waals surface area contributed by atoms with Gasteiger partial charge in [-0.3, -0.25) is 4.90 Å². The van der Waals surface area contributed by atoms with Crippen molar-refractivity contribution in [1.29, 1.82) is 0 Å². The van der Waals surface area contributed by atoms with E-state index in [4.69, 9.17) is 16.3 Å². The molecule has 1 saturated heterocycles. The quantitative estimate of drug-likeness (QED) is 0.773. The molecule has 1 heterocycles. The van der Waals surface area contributed by atoms with E-state index in [0.717, 1.165) is 60.7 Å². The second-order valence-corrected chi connectivity index (χ2v) is 9.03. The first-order chi connectivity index (χ1) is 13.1. The van der Waals surface area contributed by atoms with Crippen molar-refractivity contribution < 1.29 is 9.84 Å². The molecule has 1 aromatic rings. The summed E-state index contributed by atoms with van der Waals surface area (Å²) in [6.07, 6.45) is 12.3. The second-order valence-electron chi connectivity index (χ2n) is 8.63. The van der Waals surface area contributed by atoms with Gasteiger partial charge in [-0.2, -0.15) is 0 Å². The van der Waals surface area contributed by atoms with E-state index < -0.39 is 5.60 Å². The zero-order valence-electron chi connectivity index (χ0n) is 16.4. The van der Waals surface area contributed by atoms with Crippen LogP contribution in [0.3, 0.4) is 0 Å². The summed E-state index contributed by atoms with van der Waals surface area (Å²) in [7, 11) is 1.75. The van der Waals surface area contributed by atoms with E-state index in [2.05, 4.69) is 23.1 Å². The Morgan fingerprint density at radius 1 is 1.15 bits per heavy atom. The fourth-order valence-corrected chi connectivity index (χ4v) is 5.05. The van der Waals surface area contributed by atoms with Crippen LogP contribution in [0.5, 0.6) is 0 Å². The zero-order valence-corrected chi connectivity index (χ0v) is 17.2. The molecular weight excluding hydrogens is 358 g/mol. The van der Waals surface area contributed by atoms with Gasteiger partial charge in [0.2, 0.25) is 0 Å². The number of aliphatic hydroxyl groups is 1. The maximum atomic E-state index is 11.1. The molecule has 3 nitrogen and oxygen atoms in total. The molecule has 1 N–H and O–H groups in total. The topological polar surface area (TPSA) is 32.7 Å². The van der Waals surface area contributed by atoms with Crippen LogP contribution in [0.4, 0.5) is 0 Å². The number of nitrogens with zero attached hydrogens (tertiary/aromatic N) is 1. The lowest BCUT2D eigenvalue weighted by Gasteiger charge is -2.40. The summed E-state index contributed by atoms with van der Waals surface area (Å²) in [5.74, 6) is 0. The highest BCUT2D eigenvalue weighted by Gasteiger charge is 2.35. The molecule has 0 spiro atoms. The number of rotatable bonds is 4. The van der Waals surface area contributed by atoms with E-state index >= 15 is 0 Å². The SMILES string of the molecule is COC1CCC(O)(c2ccc(C=C3CCN(C4CCC4)CC3)c(Cl)c2)CC1. The number of methoxy groups -OCH3 is 1. The third-order valence-corrected chi connectivity index (χ3v) is 7.35.